The zero-order chi connectivity index (χ0) is 16.6. The fourth-order valence-corrected chi connectivity index (χ4v) is 1.02. The molecule has 0 aromatic carbocycles. The maximum absolute atomic E-state index is 12.9. The molecule has 0 saturated heterocycles. The summed E-state index contributed by atoms with van der Waals surface area (Å²) in [5.41, 5.74) is 4.67. The molecule has 0 radical (unpaired) electrons. The third-order valence-electron chi connectivity index (χ3n) is 2.30. The van der Waals surface area contributed by atoms with E-state index in [1.54, 1.807) is 0 Å². The predicted molar refractivity (Wildman–Crippen MR) is 45.7 cm³/mol. The molecule has 0 aromatic heterocycles. The molecule has 0 aliphatic rings. The van der Waals surface area contributed by atoms with E-state index in [1.165, 1.54) is 0 Å². The van der Waals surface area contributed by atoms with Crippen LogP contribution in [0.25, 0.3) is 0 Å². The summed E-state index contributed by atoms with van der Waals surface area (Å²) < 4.78 is 111. The van der Waals surface area contributed by atoms with E-state index in [0.717, 1.165) is 0 Å². The molecule has 0 spiro atoms. The Labute approximate surface area is 105 Å². The van der Waals surface area contributed by atoms with Gasteiger partial charge in [-0.2, -0.15) is 39.5 Å². The van der Waals surface area contributed by atoms with Gasteiger partial charge in [0.05, 0.1) is 0 Å². The number of carboxylic acid groups (broad SMARTS) is 1. The van der Waals surface area contributed by atoms with Crippen LogP contribution in [0.15, 0.2) is 0 Å². The maximum Gasteiger partial charge on any atom is 0.460 e. The summed E-state index contributed by atoms with van der Waals surface area (Å²) in [6.45, 7) is 0. The van der Waals surface area contributed by atoms with Crippen molar-refractivity contribution in [3.63, 3.8) is 0 Å². The van der Waals surface area contributed by atoms with Gasteiger partial charge < -0.3 is 10.8 Å². The molecule has 0 aliphatic heterocycles. The fraction of sp³-hybridized carbons (Fsp3) is 0.875. The summed E-state index contributed by atoms with van der Waals surface area (Å²) in [5, 5.41) is 8.19. The lowest BCUT2D eigenvalue weighted by Crippen LogP contribution is -2.61. The van der Waals surface area contributed by atoms with E-state index >= 15 is 0 Å². The summed E-state index contributed by atoms with van der Waals surface area (Å²) in [6.07, 6.45) is -10.6. The number of halogens is 9. The first-order valence-electron chi connectivity index (χ1n) is 4.76. The van der Waals surface area contributed by atoms with Gasteiger partial charge in [0, 0.05) is 6.42 Å². The monoisotopic (exact) mass is 321 g/mol. The Balaban J connectivity index is 5.22. The number of aliphatic carboxylic acids is 1. The third kappa shape index (κ3) is 3.27. The van der Waals surface area contributed by atoms with Crippen LogP contribution >= 0.6 is 0 Å². The minimum absolute atomic E-state index is 1.41. The van der Waals surface area contributed by atoms with Gasteiger partial charge in [0.1, 0.15) is 6.04 Å². The van der Waals surface area contributed by atoms with E-state index in [2.05, 4.69) is 5.73 Å². The van der Waals surface area contributed by atoms with Crippen LogP contribution in [0, 0.1) is 0 Å². The Morgan fingerprint density at radius 1 is 0.950 bits per heavy atom. The van der Waals surface area contributed by atoms with E-state index < -0.39 is 48.8 Å². The van der Waals surface area contributed by atoms with E-state index in [0.29, 0.717) is 0 Å². The van der Waals surface area contributed by atoms with Gasteiger partial charge in [0.25, 0.3) is 0 Å². The SMILES string of the molecule is NC(CCC(F)(F)C(F)(F)C(F)(F)C(F)(F)F)C(=O)O. The maximum atomic E-state index is 12.9. The van der Waals surface area contributed by atoms with Gasteiger partial charge in [-0.15, -0.1) is 0 Å². The largest absolute Gasteiger partial charge is 0.480 e. The van der Waals surface area contributed by atoms with Crippen molar-refractivity contribution in [2.75, 3.05) is 0 Å². The number of carboxylic acids is 1. The third-order valence-corrected chi connectivity index (χ3v) is 2.30. The second-order valence-electron chi connectivity index (χ2n) is 3.83. The number of carbonyl (C=O) groups is 1. The van der Waals surface area contributed by atoms with Crippen molar-refractivity contribution in [2.45, 2.75) is 42.8 Å². The van der Waals surface area contributed by atoms with Crippen molar-refractivity contribution in [3.8, 4) is 0 Å². The van der Waals surface area contributed by atoms with Gasteiger partial charge in [-0.1, -0.05) is 0 Å². The van der Waals surface area contributed by atoms with Crippen LogP contribution in [-0.2, 0) is 4.79 Å². The number of nitrogens with two attached hydrogens (primary N) is 1. The Morgan fingerprint density at radius 3 is 1.65 bits per heavy atom. The molecule has 1 atom stereocenters. The van der Waals surface area contributed by atoms with Crippen LogP contribution in [0.5, 0.6) is 0 Å². The highest BCUT2D eigenvalue weighted by Crippen LogP contribution is 2.54. The van der Waals surface area contributed by atoms with Crippen molar-refractivity contribution in [1.82, 2.24) is 0 Å². The molecule has 12 heteroatoms. The van der Waals surface area contributed by atoms with Gasteiger partial charge in [0.2, 0.25) is 0 Å². The van der Waals surface area contributed by atoms with Gasteiger partial charge in [-0.05, 0) is 6.42 Å². The van der Waals surface area contributed by atoms with Gasteiger partial charge in [-0.25, -0.2) is 0 Å². The minimum atomic E-state index is -6.98. The second-order valence-corrected chi connectivity index (χ2v) is 3.83. The summed E-state index contributed by atoms with van der Waals surface area (Å²) in [7, 11) is 0. The molecule has 3 N–H and O–H groups in total. The Kier molecular flexibility index (Phi) is 4.98. The first-order valence-corrected chi connectivity index (χ1v) is 4.76. The van der Waals surface area contributed by atoms with Crippen LogP contribution in [0.3, 0.4) is 0 Å². The second kappa shape index (κ2) is 5.30. The molecule has 0 bridgehead atoms. The fourth-order valence-electron chi connectivity index (χ4n) is 1.02. The highest BCUT2D eigenvalue weighted by Gasteiger charge is 2.81. The molecular weight excluding hydrogens is 313 g/mol. The van der Waals surface area contributed by atoms with Crippen LogP contribution in [0.4, 0.5) is 39.5 Å². The number of rotatable bonds is 6. The average Bonchev–Trinajstić information content (AvgIpc) is 2.23. The molecule has 0 aromatic rings. The van der Waals surface area contributed by atoms with Crippen molar-refractivity contribution >= 4 is 5.97 Å². The van der Waals surface area contributed by atoms with Crippen LogP contribution in [0.1, 0.15) is 12.8 Å². The van der Waals surface area contributed by atoms with Crippen molar-refractivity contribution < 1.29 is 49.4 Å². The Bertz CT molecular complexity index is 365. The smallest absolute Gasteiger partial charge is 0.460 e. The molecule has 0 saturated carbocycles. The standard InChI is InChI=1S/C8H8F9NO2/c9-5(10,2-1-3(18)4(19)20)6(11,12)7(13,14)8(15,16)17/h3H,1-2,18H2,(H,19,20). The van der Waals surface area contributed by atoms with Crippen molar-refractivity contribution in [1.29, 1.82) is 0 Å². The molecule has 0 aliphatic carbocycles. The molecule has 0 fully saturated rings. The van der Waals surface area contributed by atoms with Gasteiger partial charge in [-0.3, -0.25) is 4.79 Å². The first-order chi connectivity index (χ1) is 8.58. The first kappa shape index (κ1) is 18.8. The molecule has 3 nitrogen and oxygen atoms in total. The van der Waals surface area contributed by atoms with E-state index in [9.17, 15) is 44.3 Å². The lowest BCUT2D eigenvalue weighted by molar-refractivity contribution is -0.396. The minimum Gasteiger partial charge on any atom is -0.480 e. The van der Waals surface area contributed by atoms with Crippen molar-refractivity contribution in [2.24, 2.45) is 5.73 Å². The van der Waals surface area contributed by atoms with Crippen LogP contribution in [-0.4, -0.2) is 41.1 Å². The summed E-state index contributed by atoms with van der Waals surface area (Å²) in [4.78, 5) is 10.1. The van der Waals surface area contributed by atoms with Gasteiger partial charge >= 0.3 is 29.9 Å². The zero-order valence-corrected chi connectivity index (χ0v) is 9.33. The number of alkyl halides is 9. The zero-order valence-electron chi connectivity index (χ0n) is 9.33. The quantitative estimate of drug-likeness (QED) is 0.739. The average molecular weight is 321 g/mol. The molecule has 1 unspecified atom stereocenters. The van der Waals surface area contributed by atoms with Gasteiger partial charge in [0.15, 0.2) is 0 Å². The Morgan fingerprint density at radius 2 is 1.35 bits per heavy atom. The van der Waals surface area contributed by atoms with Crippen molar-refractivity contribution in [3.05, 3.63) is 0 Å². The molecule has 0 rings (SSSR count). The molecule has 0 heterocycles. The summed E-state index contributed by atoms with van der Waals surface area (Å²) >= 11 is 0. The molecule has 120 valence electrons. The lowest BCUT2D eigenvalue weighted by atomic mass is 9.97. The molecule has 20 heavy (non-hydrogen) atoms. The summed E-state index contributed by atoms with van der Waals surface area (Å²) in [5.74, 6) is -21.4. The topological polar surface area (TPSA) is 63.3 Å². The van der Waals surface area contributed by atoms with Crippen LogP contribution < -0.4 is 5.73 Å². The Hall–Kier alpha value is -1.20. The van der Waals surface area contributed by atoms with E-state index in [-0.39, 0.29) is 0 Å². The van der Waals surface area contributed by atoms with E-state index in [1.807, 2.05) is 0 Å². The molecular formula is C8H8F9NO2. The van der Waals surface area contributed by atoms with Crippen LogP contribution in [0.2, 0.25) is 0 Å². The lowest BCUT2D eigenvalue weighted by Gasteiger charge is -2.33. The summed E-state index contributed by atoms with van der Waals surface area (Å²) in [6, 6.07) is -2.10. The normalized spacial score (nSPS) is 16.1. The number of hydrogen-bond acceptors (Lipinski definition) is 2. The van der Waals surface area contributed by atoms with E-state index in [4.69, 9.17) is 5.11 Å². The number of hydrogen-bond donors (Lipinski definition) is 2. The highest BCUT2D eigenvalue weighted by atomic mass is 19.4. The predicted octanol–water partition coefficient (Wildman–Crippen LogP) is 2.65. The highest BCUT2D eigenvalue weighted by molar-refractivity contribution is 5.72. The molecule has 0 amide bonds.